The predicted molar refractivity (Wildman–Crippen MR) is 117 cm³/mol. The van der Waals surface area contributed by atoms with Gasteiger partial charge in [0.15, 0.2) is 0 Å². The third kappa shape index (κ3) is 3.51. The second-order valence-electron chi connectivity index (χ2n) is 9.16. The highest BCUT2D eigenvalue weighted by Crippen LogP contribution is 2.58. The molecule has 1 saturated heterocycles. The van der Waals surface area contributed by atoms with Crippen LogP contribution in [0.15, 0.2) is 53.0 Å². The topological polar surface area (TPSA) is 26.3 Å². The van der Waals surface area contributed by atoms with Gasteiger partial charge in [-0.1, -0.05) is 65.3 Å². The molecule has 1 aromatic rings. The molecule has 0 bridgehead atoms. The van der Waals surface area contributed by atoms with Gasteiger partial charge in [0.25, 0.3) is 0 Å². The summed E-state index contributed by atoms with van der Waals surface area (Å²) in [6.07, 6.45) is 9.84. The Morgan fingerprint density at radius 3 is 2.79 bits per heavy atom. The number of carbonyl (C=O) groups is 1. The molecule has 2 aliphatic carbocycles. The van der Waals surface area contributed by atoms with Gasteiger partial charge in [0.1, 0.15) is 6.10 Å². The fourth-order valence-corrected chi connectivity index (χ4v) is 6.80. The van der Waals surface area contributed by atoms with Crippen LogP contribution >= 0.6 is 15.9 Å². The molecule has 28 heavy (non-hydrogen) atoms. The van der Waals surface area contributed by atoms with Crippen molar-refractivity contribution in [1.29, 1.82) is 0 Å². The molecule has 1 heterocycles. The minimum absolute atomic E-state index is 0.0122. The maximum absolute atomic E-state index is 12.2. The van der Waals surface area contributed by atoms with Gasteiger partial charge in [-0.25, -0.2) is 4.79 Å². The van der Waals surface area contributed by atoms with Crippen LogP contribution in [0.4, 0.5) is 0 Å². The molecule has 1 unspecified atom stereocenters. The van der Waals surface area contributed by atoms with E-state index in [2.05, 4.69) is 46.6 Å². The number of halogens is 1. The van der Waals surface area contributed by atoms with Gasteiger partial charge in [-0.3, -0.25) is 0 Å². The number of esters is 1. The van der Waals surface area contributed by atoms with Crippen LogP contribution in [0.25, 0.3) is 0 Å². The lowest BCUT2D eigenvalue weighted by Crippen LogP contribution is -2.33. The van der Waals surface area contributed by atoms with Crippen molar-refractivity contribution in [3.63, 3.8) is 0 Å². The second-order valence-corrected chi connectivity index (χ2v) is 9.62. The number of allylic oxidation sites excluding steroid dienone is 1. The van der Waals surface area contributed by atoms with Gasteiger partial charge < -0.3 is 4.74 Å². The fraction of sp³-hybridized carbons (Fsp3) is 0.560. The molecule has 3 heteroatoms. The van der Waals surface area contributed by atoms with Crippen molar-refractivity contribution in [2.24, 2.45) is 17.3 Å². The minimum Gasteiger partial charge on any atom is -0.458 e. The summed E-state index contributed by atoms with van der Waals surface area (Å²) in [7, 11) is 0. The summed E-state index contributed by atoms with van der Waals surface area (Å²) in [6, 6.07) is 10.2. The first-order chi connectivity index (χ1) is 13.5. The SMILES string of the molecule is C=C1C(=O)O[C@@H](CCCC2CC[C@H]3/C(=C/Br)CCC[C@]23C)[C@@H]1c1ccccc1. The van der Waals surface area contributed by atoms with Crippen LogP contribution < -0.4 is 0 Å². The van der Waals surface area contributed by atoms with E-state index in [1.165, 1.54) is 38.5 Å². The Hall–Kier alpha value is -1.35. The first kappa shape index (κ1) is 19.9. The average Bonchev–Trinajstić information content (AvgIpc) is 3.19. The number of ether oxygens (including phenoxy) is 1. The molecule has 3 fully saturated rings. The number of cyclic esters (lactones) is 1. The van der Waals surface area contributed by atoms with Crippen LogP contribution in [0.2, 0.25) is 0 Å². The average molecular weight is 443 g/mol. The largest absolute Gasteiger partial charge is 0.458 e. The summed E-state index contributed by atoms with van der Waals surface area (Å²) in [5.74, 6) is 1.34. The number of benzene rings is 1. The Balaban J connectivity index is 1.39. The van der Waals surface area contributed by atoms with Crippen LogP contribution in [0, 0.1) is 17.3 Å². The van der Waals surface area contributed by atoms with Crippen molar-refractivity contribution in [2.75, 3.05) is 0 Å². The molecular weight excluding hydrogens is 412 g/mol. The zero-order valence-electron chi connectivity index (χ0n) is 16.8. The van der Waals surface area contributed by atoms with E-state index >= 15 is 0 Å². The first-order valence-corrected chi connectivity index (χ1v) is 11.7. The summed E-state index contributed by atoms with van der Waals surface area (Å²) in [4.78, 5) is 14.4. The van der Waals surface area contributed by atoms with Gasteiger partial charge in [-0.2, -0.15) is 0 Å². The van der Waals surface area contributed by atoms with Crippen LogP contribution in [-0.4, -0.2) is 12.1 Å². The number of fused-ring (bicyclic) bond motifs is 1. The Labute approximate surface area is 177 Å². The molecule has 1 aliphatic heterocycles. The normalized spacial score (nSPS) is 36.6. The van der Waals surface area contributed by atoms with Crippen molar-refractivity contribution in [3.8, 4) is 0 Å². The number of rotatable bonds is 5. The Morgan fingerprint density at radius 2 is 2.04 bits per heavy atom. The lowest BCUT2D eigenvalue weighted by molar-refractivity contribution is -0.139. The van der Waals surface area contributed by atoms with E-state index in [0.717, 1.165) is 30.2 Å². The van der Waals surface area contributed by atoms with Gasteiger partial charge in [-0.05, 0) is 79.2 Å². The second kappa shape index (κ2) is 8.18. The highest BCUT2D eigenvalue weighted by Gasteiger charge is 2.49. The third-order valence-electron chi connectivity index (χ3n) is 7.77. The van der Waals surface area contributed by atoms with Crippen LogP contribution in [-0.2, 0) is 9.53 Å². The number of hydrogen-bond donors (Lipinski definition) is 0. The molecular formula is C25H31BrO2. The molecule has 150 valence electrons. The zero-order chi connectivity index (χ0) is 19.7. The molecule has 5 atom stereocenters. The zero-order valence-corrected chi connectivity index (χ0v) is 18.4. The quantitative estimate of drug-likeness (QED) is 0.365. The third-order valence-corrected chi connectivity index (χ3v) is 8.36. The molecule has 2 saturated carbocycles. The van der Waals surface area contributed by atoms with E-state index in [-0.39, 0.29) is 18.0 Å². The van der Waals surface area contributed by atoms with Crippen molar-refractivity contribution >= 4 is 21.9 Å². The van der Waals surface area contributed by atoms with E-state index in [1.54, 1.807) is 5.57 Å². The van der Waals surface area contributed by atoms with Crippen LogP contribution in [0.3, 0.4) is 0 Å². The van der Waals surface area contributed by atoms with Gasteiger partial charge in [0.2, 0.25) is 0 Å². The maximum Gasteiger partial charge on any atom is 0.334 e. The first-order valence-electron chi connectivity index (χ1n) is 10.8. The smallest absolute Gasteiger partial charge is 0.334 e. The van der Waals surface area contributed by atoms with Gasteiger partial charge in [0, 0.05) is 5.57 Å². The molecule has 1 aromatic carbocycles. The van der Waals surface area contributed by atoms with Crippen LogP contribution in [0.1, 0.15) is 69.8 Å². The number of hydrogen-bond acceptors (Lipinski definition) is 2. The predicted octanol–water partition coefficient (Wildman–Crippen LogP) is 6.92. The molecule has 0 spiro atoms. The lowest BCUT2D eigenvalue weighted by Gasteiger charge is -2.42. The molecule has 0 radical (unpaired) electrons. The standard InChI is InChI=1S/C25H31BrO2/c1-17-23(18-8-4-3-5-9-18)22(28-24(17)27)12-6-11-20-13-14-21-19(16-26)10-7-15-25(20,21)2/h3-5,8-9,16,20-23H,1,6-7,10-15H2,2H3/b19-16+/t20?,21-,22-,23-,25+/m0/s1. The number of carbonyl (C=O) groups excluding carboxylic acids is 1. The Bertz CT molecular complexity index is 768. The fourth-order valence-electron chi connectivity index (χ4n) is 6.25. The minimum atomic E-state index is -0.217. The van der Waals surface area contributed by atoms with E-state index in [9.17, 15) is 4.79 Å². The summed E-state index contributed by atoms with van der Waals surface area (Å²) >= 11 is 3.61. The van der Waals surface area contributed by atoms with Crippen molar-refractivity contribution < 1.29 is 9.53 Å². The van der Waals surface area contributed by atoms with Gasteiger partial charge in [0.05, 0.1) is 5.92 Å². The molecule has 3 aliphatic rings. The van der Waals surface area contributed by atoms with Crippen molar-refractivity contribution in [3.05, 3.63) is 58.6 Å². The van der Waals surface area contributed by atoms with Gasteiger partial charge in [-0.15, -0.1) is 0 Å². The van der Waals surface area contributed by atoms with E-state index in [4.69, 9.17) is 4.74 Å². The van der Waals surface area contributed by atoms with E-state index in [0.29, 0.717) is 11.0 Å². The van der Waals surface area contributed by atoms with Crippen molar-refractivity contribution in [1.82, 2.24) is 0 Å². The highest BCUT2D eigenvalue weighted by atomic mass is 79.9. The summed E-state index contributed by atoms with van der Waals surface area (Å²) in [5, 5.41) is 0. The summed E-state index contributed by atoms with van der Waals surface area (Å²) in [5.41, 5.74) is 3.84. The van der Waals surface area contributed by atoms with Crippen molar-refractivity contribution in [2.45, 2.75) is 70.3 Å². The molecule has 2 nitrogen and oxygen atoms in total. The monoisotopic (exact) mass is 442 g/mol. The summed E-state index contributed by atoms with van der Waals surface area (Å²) in [6.45, 7) is 6.55. The Morgan fingerprint density at radius 1 is 1.25 bits per heavy atom. The van der Waals surface area contributed by atoms with Crippen LogP contribution in [0.5, 0.6) is 0 Å². The maximum atomic E-state index is 12.2. The molecule has 4 rings (SSSR count). The molecule has 0 aromatic heterocycles. The van der Waals surface area contributed by atoms with E-state index < -0.39 is 0 Å². The Kier molecular flexibility index (Phi) is 5.83. The van der Waals surface area contributed by atoms with Gasteiger partial charge >= 0.3 is 5.97 Å². The highest BCUT2D eigenvalue weighted by molar-refractivity contribution is 9.11. The molecule has 0 N–H and O–H groups in total. The van der Waals surface area contributed by atoms with E-state index in [1.807, 2.05) is 18.2 Å². The molecule has 0 amide bonds. The summed E-state index contributed by atoms with van der Waals surface area (Å²) < 4.78 is 5.72. The lowest BCUT2D eigenvalue weighted by atomic mass is 9.63.